The van der Waals surface area contributed by atoms with Gasteiger partial charge in [-0.15, -0.1) is 0 Å². The molecule has 0 aliphatic carbocycles. The van der Waals surface area contributed by atoms with Crippen molar-refractivity contribution in [2.24, 2.45) is 0 Å². The maximum Gasteiger partial charge on any atom is 0.142 e. The number of allylic oxidation sites excluding steroid dienone is 4. The number of hydrogen-bond donors (Lipinski definition) is 0. The molecule has 0 amide bonds. The summed E-state index contributed by atoms with van der Waals surface area (Å²) < 4.78 is 14.2. The summed E-state index contributed by atoms with van der Waals surface area (Å²) in [7, 11) is 0. The Morgan fingerprint density at radius 2 is 2.20 bits per heavy atom. The van der Waals surface area contributed by atoms with Gasteiger partial charge in [-0.25, -0.2) is 0 Å². The lowest BCUT2D eigenvalue weighted by molar-refractivity contribution is -0.104. The van der Waals surface area contributed by atoms with E-state index >= 15 is 0 Å². The molecule has 0 atom stereocenters. The van der Waals surface area contributed by atoms with E-state index in [1.54, 1.807) is 0 Å². The molecule has 0 rings (SSSR count). The maximum atomic E-state index is 10.1. The minimum absolute atomic E-state index is 0.116. The molecule has 56 valence electrons. The predicted octanol–water partition coefficient (Wildman–Crippen LogP) is 2.49. The van der Waals surface area contributed by atoms with Gasteiger partial charge in [0.2, 0.25) is 0 Å². The van der Waals surface area contributed by atoms with E-state index in [1.165, 1.54) is 0 Å². The van der Waals surface area contributed by atoms with Gasteiger partial charge in [0, 0.05) is 0 Å². The first-order valence-corrected chi connectivity index (χ1v) is 3.48. The van der Waals surface area contributed by atoms with E-state index in [0.717, 1.165) is 12.8 Å². The highest BCUT2D eigenvalue weighted by Gasteiger charge is 1.73. The topological polar surface area (TPSA) is 17.1 Å². The molecule has 0 radical (unpaired) electrons. The smallest absolute Gasteiger partial charge is 0.142 e. The van der Waals surface area contributed by atoms with E-state index in [2.05, 4.69) is 0 Å². The third kappa shape index (κ3) is 7.15. The molecule has 0 aromatic carbocycles. The van der Waals surface area contributed by atoms with Crippen LogP contribution in [-0.2, 0) is 4.79 Å². The molecule has 1 nitrogen and oxygen atoms in total. The number of aldehydes is 1. The molecular weight excluding hydrogens is 124 g/mol. The van der Waals surface area contributed by atoms with Crippen LogP contribution in [0, 0.1) is 0 Å². The van der Waals surface area contributed by atoms with Crippen LogP contribution in [-0.4, -0.2) is 6.29 Å². The van der Waals surface area contributed by atoms with E-state index in [4.69, 9.17) is 2.74 Å². The maximum absolute atomic E-state index is 10.1. The standard InChI is InChI=1S/C9H14O/c1-2-3-4-5-6-7-8-9-10/h3-4,7-9H,2,5-6H2,1H3/i7D,8D. The van der Waals surface area contributed by atoms with Crippen molar-refractivity contribution in [3.05, 3.63) is 24.3 Å². The van der Waals surface area contributed by atoms with E-state index in [0.29, 0.717) is 12.7 Å². The van der Waals surface area contributed by atoms with Crippen molar-refractivity contribution in [2.75, 3.05) is 0 Å². The fourth-order valence-corrected chi connectivity index (χ4v) is 0.554. The van der Waals surface area contributed by atoms with Crippen LogP contribution in [0.15, 0.2) is 24.3 Å². The summed E-state index contributed by atoms with van der Waals surface area (Å²) in [6.07, 6.45) is 6.59. The lowest BCUT2D eigenvalue weighted by Gasteiger charge is -1.83. The molecule has 0 unspecified atom stereocenters. The molecule has 0 aliphatic heterocycles. The van der Waals surface area contributed by atoms with Crippen LogP contribution in [0.25, 0.3) is 0 Å². The fraction of sp³-hybridized carbons (Fsp3) is 0.444. The highest BCUT2D eigenvalue weighted by Crippen LogP contribution is 1.92. The van der Waals surface area contributed by atoms with E-state index in [-0.39, 0.29) is 12.1 Å². The molecule has 0 aliphatic rings. The summed E-state index contributed by atoms with van der Waals surface area (Å²) in [6, 6.07) is -0.0920. The lowest BCUT2D eigenvalue weighted by atomic mass is 10.2. The molecule has 0 bridgehead atoms. The highest BCUT2D eigenvalue weighted by molar-refractivity contribution is 5.64. The van der Waals surface area contributed by atoms with Gasteiger partial charge in [0.15, 0.2) is 0 Å². The minimum Gasteiger partial charge on any atom is -0.299 e. The van der Waals surface area contributed by atoms with Crippen molar-refractivity contribution in [1.29, 1.82) is 0 Å². The van der Waals surface area contributed by atoms with Crippen LogP contribution in [0.1, 0.15) is 28.9 Å². The number of carbonyl (C=O) groups excluding carboxylic acids is 1. The Bertz CT molecular complexity index is 195. The van der Waals surface area contributed by atoms with Crippen LogP contribution in [0.3, 0.4) is 0 Å². The molecular formula is C9H14O. The zero-order chi connectivity index (χ0) is 9.40. The average Bonchev–Trinajstić information content (AvgIpc) is 2.10. The first kappa shape index (κ1) is 5.90. The summed E-state index contributed by atoms with van der Waals surface area (Å²) in [5, 5.41) is 0. The van der Waals surface area contributed by atoms with Crippen molar-refractivity contribution in [2.45, 2.75) is 26.2 Å². The molecule has 0 aromatic rings. The summed E-state index contributed by atoms with van der Waals surface area (Å²) in [4.78, 5) is 10.1. The molecule has 0 N–H and O–H groups in total. The van der Waals surface area contributed by atoms with Gasteiger partial charge in [0.05, 0.1) is 2.74 Å². The van der Waals surface area contributed by atoms with Crippen molar-refractivity contribution in [3.8, 4) is 0 Å². The van der Waals surface area contributed by atoms with Gasteiger partial charge in [0.25, 0.3) is 0 Å². The first-order valence-electron chi connectivity index (χ1n) is 4.48. The third-order valence-corrected chi connectivity index (χ3v) is 0.999. The van der Waals surface area contributed by atoms with Gasteiger partial charge in [-0.3, -0.25) is 4.79 Å². The molecule has 0 saturated carbocycles. The second kappa shape index (κ2) is 8.15. The van der Waals surface area contributed by atoms with Gasteiger partial charge in [-0.1, -0.05) is 25.1 Å². The van der Waals surface area contributed by atoms with Crippen molar-refractivity contribution < 1.29 is 7.54 Å². The monoisotopic (exact) mass is 140 g/mol. The minimum atomic E-state index is -0.208. The zero-order valence-corrected chi connectivity index (χ0v) is 6.26. The highest BCUT2D eigenvalue weighted by atomic mass is 16.1. The Labute approximate surface area is 65.3 Å². The summed E-state index contributed by atoms with van der Waals surface area (Å²) in [5.41, 5.74) is 0. The van der Waals surface area contributed by atoms with Crippen molar-refractivity contribution in [3.63, 3.8) is 0 Å². The van der Waals surface area contributed by atoms with Crippen LogP contribution in [0.5, 0.6) is 0 Å². The summed E-state index contributed by atoms with van der Waals surface area (Å²) in [6.45, 7) is 2.04. The van der Waals surface area contributed by atoms with Gasteiger partial charge in [0.1, 0.15) is 6.29 Å². The lowest BCUT2D eigenvalue weighted by Crippen LogP contribution is -1.65. The Hall–Kier alpha value is -0.850. The summed E-state index contributed by atoms with van der Waals surface area (Å²) in [5.74, 6) is 0. The molecule has 0 saturated heterocycles. The Balaban J connectivity index is 3.78. The SMILES string of the molecule is [2H]C(C=O)=C([2H])CCC=CCC. The molecule has 0 spiro atoms. The third-order valence-electron chi connectivity index (χ3n) is 0.999. The van der Waals surface area contributed by atoms with Crippen molar-refractivity contribution >= 4 is 6.29 Å². The largest absolute Gasteiger partial charge is 0.299 e. The van der Waals surface area contributed by atoms with Gasteiger partial charge in [-0.05, 0) is 25.3 Å². The Kier molecular flexibility index (Phi) is 4.81. The van der Waals surface area contributed by atoms with Gasteiger partial charge in [-0.2, -0.15) is 0 Å². The molecule has 10 heavy (non-hydrogen) atoms. The van der Waals surface area contributed by atoms with Crippen LogP contribution < -0.4 is 0 Å². The van der Waals surface area contributed by atoms with Gasteiger partial charge >= 0.3 is 0 Å². The normalized spacial score (nSPS) is 16.1. The quantitative estimate of drug-likeness (QED) is 0.326. The Morgan fingerprint density at radius 3 is 2.80 bits per heavy atom. The molecule has 0 heterocycles. The van der Waals surface area contributed by atoms with E-state index < -0.39 is 0 Å². The number of rotatable bonds is 5. The second-order valence-electron chi connectivity index (χ2n) is 1.86. The van der Waals surface area contributed by atoms with Crippen molar-refractivity contribution in [1.82, 2.24) is 0 Å². The predicted molar refractivity (Wildman–Crippen MR) is 43.9 cm³/mol. The molecule has 1 heteroatoms. The number of carbonyl (C=O) groups is 1. The van der Waals surface area contributed by atoms with Crippen LogP contribution >= 0.6 is 0 Å². The zero-order valence-electron chi connectivity index (χ0n) is 8.26. The fourth-order valence-electron chi connectivity index (χ4n) is 0.554. The van der Waals surface area contributed by atoms with Gasteiger partial charge < -0.3 is 0 Å². The van der Waals surface area contributed by atoms with E-state index in [9.17, 15) is 4.79 Å². The van der Waals surface area contributed by atoms with Crippen LogP contribution in [0.4, 0.5) is 0 Å². The summed E-state index contributed by atoms with van der Waals surface area (Å²) >= 11 is 0. The average molecular weight is 140 g/mol. The number of hydrogen-bond acceptors (Lipinski definition) is 1. The van der Waals surface area contributed by atoms with Crippen LogP contribution in [0.2, 0.25) is 0 Å². The Morgan fingerprint density at radius 1 is 1.40 bits per heavy atom. The van der Waals surface area contributed by atoms with E-state index in [1.807, 2.05) is 19.1 Å². The second-order valence-corrected chi connectivity index (χ2v) is 1.86. The molecule has 0 fully saturated rings. The molecule has 0 aromatic heterocycles. The first-order chi connectivity index (χ1) is 5.72.